The van der Waals surface area contributed by atoms with Crippen molar-refractivity contribution in [2.24, 2.45) is 0 Å². The van der Waals surface area contributed by atoms with Crippen LogP contribution in [0.25, 0.3) is 0 Å². The molecular formula is C14H19NO4. The molecule has 1 saturated carbocycles. The van der Waals surface area contributed by atoms with E-state index >= 15 is 0 Å². The maximum atomic E-state index is 12.0. The lowest BCUT2D eigenvalue weighted by atomic mass is 9.89. The number of carbonyl (C=O) groups excluding carboxylic acids is 1. The van der Waals surface area contributed by atoms with Gasteiger partial charge in [-0.05, 0) is 31.9 Å². The first kappa shape index (κ1) is 13.7. The zero-order valence-electron chi connectivity index (χ0n) is 11.2. The van der Waals surface area contributed by atoms with Gasteiger partial charge in [-0.3, -0.25) is 4.79 Å². The Bertz CT molecular complexity index is 455. The van der Waals surface area contributed by atoms with Gasteiger partial charge in [-0.1, -0.05) is 0 Å². The van der Waals surface area contributed by atoms with Crippen LogP contribution < -0.4 is 10.1 Å². The number of hydrogen-bond donors (Lipinski definition) is 2. The zero-order chi connectivity index (χ0) is 13.8. The summed E-state index contributed by atoms with van der Waals surface area (Å²) in [5.41, 5.74) is 0.264. The summed E-state index contributed by atoms with van der Waals surface area (Å²) in [6, 6.07) is 4.77. The Morgan fingerprint density at radius 1 is 1.47 bits per heavy atom. The number of carbonyl (C=O) groups is 1. The smallest absolute Gasteiger partial charge is 0.255 e. The summed E-state index contributed by atoms with van der Waals surface area (Å²) in [5.74, 6) is 0.187. The molecule has 1 amide bonds. The maximum Gasteiger partial charge on any atom is 0.255 e. The largest absolute Gasteiger partial charge is 0.507 e. The van der Waals surface area contributed by atoms with Crippen LogP contribution in [-0.4, -0.2) is 36.9 Å². The van der Waals surface area contributed by atoms with E-state index in [-0.39, 0.29) is 29.4 Å². The molecule has 0 aliphatic heterocycles. The summed E-state index contributed by atoms with van der Waals surface area (Å²) < 4.78 is 10.4. The SMILES string of the molecule is CCOC1CC(NC(=O)c2ccc(OC)cc2O)C1. The van der Waals surface area contributed by atoms with E-state index in [1.54, 1.807) is 12.1 Å². The van der Waals surface area contributed by atoms with Gasteiger partial charge in [0.1, 0.15) is 11.5 Å². The molecule has 0 unspecified atom stereocenters. The molecular weight excluding hydrogens is 246 g/mol. The van der Waals surface area contributed by atoms with Gasteiger partial charge in [0.2, 0.25) is 0 Å². The predicted molar refractivity (Wildman–Crippen MR) is 70.6 cm³/mol. The minimum Gasteiger partial charge on any atom is -0.507 e. The second-order valence-electron chi connectivity index (χ2n) is 4.60. The highest BCUT2D eigenvalue weighted by Crippen LogP contribution is 2.26. The number of ether oxygens (including phenoxy) is 2. The van der Waals surface area contributed by atoms with Crippen LogP contribution in [0.4, 0.5) is 0 Å². The van der Waals surface area contributed by atoms with Crippen molar-refractivity contribution in [3.8, 4) is 11.5 Å². The average molecular weight is 265 g/mol. The zero-order valence-corrected chi connectivity index (χ0v) is 11.2. The van der Waals surface area contributed by atoms with Crippen LogP contribution in [0.3, 0.4) is 0 Å². The predicted octanol–water partition coefficient (Wildman–Crippen LogP) is 1.70. The summed E-state index contributed by atoms with van der Waals surface area (Å²) in [4.78, 5) is 12.0. The van der Waals surface area contributed by atoms with Crippen LogP contribution in [-0.2, 0) is 4.74 Å². The van der Waals surface area contributed by atoms with Gasteiger partial charge in [-0.2, -0.15) is 0 Å². The number of amides is 1. The Kier molecular flexibility index (Phi) is 4.27. The second kappa shape index (κ2) is 5.93. The van der Waals surface area contributed by atoms with E-state index in [0.29, 0.717) is 12.4 Å². The Morgan fingerprint density at radius 3 is 2.79 bits per heavy atom. The van der Waals surface area contributed by atoms with Crippen molar-refractivity contribution < 1.29 is 19.4 Å². The van der Waals surface area contributed by atoms with Crippen molar-refractivity contribution in [1.82, 2.24) is 5.32 Å². The van der Waals surface area contributed by atoms with E-state index in [9.17, 15) is 9.90 Å². The molecule has 0 heterocycles. The molecule has 0 radical (unpaired) electrons. The first-order chi connectivity index (χ1) is 9.13. The van der Waals surface area contributed by atoms with E-state index in [4.69, 9.17) is 9.47 Å². The highest BCUT2D eigenvalue weighted by molar-refractivity contribution is 5.97. The quantitative estimate of drug-likeness (QED) is 0.850. The van der Waals surface area contributed by atoms with Crippen molar-refractivity contribution in [3.63, 3.8) is 0 Å². The van der Waals surface area contributed by atoms with Gasteiger partial charge in [0.25, 0.3) is 5.91 Å². The van der Waals surface area contributed by atoms with Crippen LogP contribution >= 0.6 is 0 Å². The van der Waals surface area contributed by atoms with Crippen LogP contribution in [0.2, 0.25) is 0 Å². The molecule has 19 heavy (non-hydrogen) atoms. The van der Waals surface area contributed by atoms with Gasteiger partial charge in [0.15, 0.2) is 0 Å². The molecule has 1 fully saturated rings. The van der Waals surface area contributed by atoms with Crippen LogP contribution in [0.15, 0.2) is 18.2 Å². The molecule has 1 aliphatic carbocycles. The lowest BCUT2D eigenvalue weighted by Crippen LogP contribution is -2.47. The van der Waals surface area contributed by atoms with Crippen LogP contribution in [0.5, 0.6) is 11.5 Å². The first-order valence-corrected chi connectivity index (χ1v) is 6.43. The highest BCUT2D eigenvalue weighted by atomic mass is 16.5. The summed E-state index contributed by atoms with van der Waals surface area (Å²) in [6.07, 6.45) is 1.91. The topological polar surface area (TPSA) is 67.8 Å². The fourth-order valence-electron chi connectivity index (χ4n) is 2.15. The third-order valence-electron chi connectivity index (χ3n) is 3.28. The minimum absolute atomic E-state index is 0.0717. The monoisotopic (exact) mass is 265 g/mol. The van der Waals surface area contributed by atoms with Gasteiger partial charge < -0.3 is 19.9 Å². The Hall–Kier alpha value is -1.75. The molecule has 1 aromatic rings. The lowest BCUT2D eigenvalue weighted by Gasteiger charge is -2.35. The highest BCUT2D eigenvalue weighted by Gasteiger charge is 2.31. The first-order valence-electron chi connectivity index (χ1n) is 6.43. The molecule has 5 nitrogen and oxygen atoms in total. The number of methoxy groups -OCH3 is 1. The van der Waals surface area contributed by atoms with Crippen molar-refractivity contribution in [2.75, 3.05) is 13.7 Å². The number of benzene rings is 1. The molecule has 2 N–H and O–H groups in total. The molecule has 0 saturated heterocycles. The van der Waals surface area contributed by atoms with E-state index in [1.165, 1.54) is 13.2 Å². The average Bonchev–Trinajstić information content (AvgIpc) is 2.35. The van der Waals surface area contributed by atoms with E-state index < -0.39 is 0 Å². The van der Waals surface area contributed by atoms with Crippen LogP contribution in [0, 0.1) is 0 Å². The number of phenols is 1. The van der Waals surface area contributed by atoms with E-state index in [2.05, 4.69) is 5.32 Å². The molecule has 1 aromatic carbocycles. The van der Waals surface area contributed by atoms with Crippen molar-refractivity contribution in [1.29, 1.82) is 0 Å². The summed E-state index contributed by atoms with van der Waals surface area (Å²) in [7, 11) is 1.51. The number of phenolic OH excluding ortho intramolecular Hbond substituents is 1. The number of aromatic hydroxyl groups is 1. The van der Waals surface area contributed by atoms with Gasteiger partial charge >= 0.3 is 0 Å². The molecule has 0 bridgehead atoms. The normalized spacial score (nSPS) is 21.6. The number of nitrogens with one attached hydrogen (secondary N) is 1. The maximum absolute atomic E-state index is 12.0. The van der Waals surface area contributed by atoms with Gasteiger partial charge in [-0.25, -0.2) is 0 Å². The van der Waals surface area contributed by atoms with Crippen molar-refractivity contribution in [2.45, 2.75) is 31.9 Å². The van der Waals surface area contributed by atoms with Gasteiger partial charge in [-0.15, -0.1) is 0 Å². The van der Waals surface area contributed by atoms with Gasteiger partial charge in [0, 0.05) is 18.7 Å². The van der Waals surface area contributed by atoms with Crippen molar-refractivity contribution in [3.05, 3.63) is 23.8 Å². The molecule has 5 heteroatoms. The van der Waals surface area contributed by atoms with E-state index in [0.717, 1.165) is 12.8 Å². The second-order valence-corrected chi connectivity index (χ2v) is 4.60. The van der Waals surface area contributed by atoms with Crippen molar-refractivity contribution >= 4 is 5.91 Å². The molecule has 0 aromatic heterocycles. The minimum atomic E-state index is -0.264. The lowest BCUT2D eigenvalue weighted by molar-refractivity contribution is -0.00863. The summed E-state index contributed by atoms with van der Waals surface area (Å²) >= 11 is 0. The number of rotatable bonds is 5. The van der Waals surface area contributed by atoms with Gasteiger partial charge in [0.05, 0.1) is 18.8 Å². The van der Waals surface area contributed by atoms with Crippen LogP contribution in [0.1, 0.15) is 30.1 Å². The summed E-state index contributed by atoms with van der Waals surface area (Å²) in [5, 5.41) is 12.6. The number of hydrogen-bond acceptors (Lipinski definition) is 4. The third-order valence-corrected chi connectivity index (χ3v) is 3.28. The molecule has 0 spiro atoms. The Morgan fingerprint density at radius 2 is 2.21 bits per heavy atom. The molecule has 1 aliphatic rings. The fraction of sp³-hybridized carbons (Fsp3) is 0.500. The standard InChI is InChI=1S/C14H19NO4/c1-3-19-11-6-9(7-11)15-14(17)12-5-4-10(18-2)8-13(12)16/h4-5,8-9,11,16H,3,6-7H2,1-2H3,(H,15,17). The molecule has 0 atom stereocenters. The molecule has 104 valence electrons. The third kappa shape index (κ3) is 3.17. The van der Waals surface area contributed by atoms with E-state index in [1.807, 2.05) is 6.92 Å². The summed E-state index contributed by atoms with van der Waals surface area (Å²) in [6.45, 7) is 2.66. The molecule has 2 rings (SSSR count). The fourth-order valence-corrected chi connectivity index (χ4v) is 2.15. The Balaban J connectivity index is 1.90. The Labute approximate surface area is 112 Å².